The molecule has 0 aliphatic heterocycles. The van der Waals surface area contributed by atoms with E-state index in [0.717, 1.165) is 0 Å². The molecule has 0 spiro atoms. The van der Waals surface area contributed by atoms with Gasteiger partial charge in [0.05, 0.1) is 10.7 Å². The van der Waals surface area contributed by atoms with E-state index in [0.29, 0.717) is 21.5 Å². The van der Waals surface area contributed by atoms with Gasteiger partial charge in [0.15, 0.2) is 12.2 Å². The van der Waals surface area contributed by atoms with Gasteiger partial charge in [-0.15, -0.1) is 0 Å². The van der Waals surface area contributed by atoms with Crippen LogP contribution in [0.5, 0.6) is 5.75 Å². The van der Waals surface area contributed by atoms with Crippen LogP contribution < -0.4 is 10.1 Å². The van der Waals surface area contributed by atoms with Gasteiger partial charge in [-0.2, -0.15) is 0 Å². The summed E-state index contributed by atoms with van der Waals surface area (Å²) in [5.74, 6) is -0.636. The average molecular weight is 382 g/mol. The van der Waals surface area contributed by atoms with Gasteiger partial charge in [-0.05, 0) is 44.2 Å². The van der Waals surface area contributed by atoms with Gasteiger partial charge >= 0.3 is 5.97 Å². The third-order valence-electron chi connectivity index (χ3n) is 3.24. The zero-order valence-electron chi connectivity index (χ0n) is 13.7. The lowest BCUT2D eigenvalue weighted by Gasteiger charge is -2.18. The van der Waals surface area contributed by atoms with E-state index in [9.17, 15) is 9.59 Å². The van der Waals surface area contributed by atoms with Crippen LogP contribution in [0.1, 0.15) is 13.8 Å². The number of hydrogen-bond acceptors (Lipinski definition) is 4. The summed E-state index contributed by atoms with van der Waals surface area (Å²) in [6.45, 7) is 3.01. The molecule has 0 fully saturated rings. The third kappa shape index (κ3) is 5.66. The molecule has 0 unspecified atom stereocenters. The van der Waals surface area contributed by atoms with Crippen molar-refractivity contribution in [1.82, 2.24) is 0 Å². The molecule has 0 aromatic heterocycles. The molecule has 132 valence electrons. The molecule has 0 heterocycles. The number of anilines is 1. The second-order valence-electron chi connectivity index (χ2n) is 5.27. The topological polar surface area (TPSA) is 64.6 Å². The molecule has 1 N–H and O–H groups in total. The molecular formula is C18H17Cl2NO4. The van der Waals surface area contributed by atoms with Crippen LogP contribution in [-0.4, -0.2) is 24.1 Å². The number of carbonyl (C=O) groups is 2. The Morgan fingerprint density at radius 2 is 1.68 bits per heavy atom. The lowest BCUT2D eigenvalue weighted by atomic mass is 10.3. The second kappa shape index (κ2) is 8.74. The van der Waals surface area contributed by atoms with E-state index in [2.05, 4.69) is 5.32 Å². The molecule has 0 aliphatic carbocycles. The van der Waals surface area contributed by atoms with Crippen LogP contribution >= 0.6 is 23.2 Å². The lowest BCUT2D eigenvalue weighted by molar-refractivity contribution is -0.159. The molecular weight excluding hydrogens is 365 g/mol. The Bertz CT molecular complexity index is 752. The Morgan fingerprint density at radius 1 is 1.00 bits per heavy atom. The van der Waals surface area contributed by atoms with Gasteiger partial charge < -0.3 is 14.8 Å². The van der Waals surface area contributed by atoms with Crippen molar-refractivity contribution >= 4 is 40.8 Å². The molecule has 2 aromatic rings. The normalized spacial score (nSPS) is 12.8. The molecule has 25 heavy (non-hydrogen) atoms. The highest BCUT2D eigenvalue weighted by molar-refractivity contribution is 6.35. The van der Waals surface area contributed by atoms with Crippen LogP contribution in [0, 0.1) is 0 Å². The highest BCUT2D eigenvalue weighted by Crippen LogP contribution is 2.25. The lowest BCUT2D eigenvalue weighted by Crippen LogP contribution is -2.35. The van der Waals surface area contributed by atoms with Gasteiger partial charge in [-0.1, -0.05) is 41.4 Å². The molecule has 1 amide bonds. The summed E-state index contributed by atoms with van der Waals surface area (Å²) in [4.78, 5) is 24.2. The second-order valence-corrected chi connectivity index (χ2v) is 6.11. The van der Waals surface area contributed by atoms with Crippen molar-refractivity contribution in [2.45, 2.75) is 26.1 Å². The molecule has 0 saturated heterocycles. The zero-order valence-corrected chi connectivity index (χ0v) is 15.2. The fourth-order valence-corrected chi connectivity index (χ4v) is 2.24. The maximum Gasteiger partial charge on any atom is 0.347 e. The van der Waals surface area contributed by atoms with Crippen molar-refractivity contribution in [3.63, 3.8) is 0 Å². The fourth-order valence-electron chi connectivity index (χ4n) is 1.90. The summed E-state index contributed by atoms with van der Waals surface area (Å²) < 4.78 is 10.6. The first-order valence-corrected chi connectivity index (χ1v) is 8.30. The monoisotopic (exact) mass is 381 g/mol. The molecule has 2 rings (SSSR count). The molecule has 5 nitrogen and oxygen atoms in total. The van der Waals surface area contributed by atoms with Gasteiger partial charge in [0.25, 0.3) is 5.91 Å². The number of benzene rings is 2. The van der Waals surface area contributed by atoms with Crippen LogP contribution in [-0.2, 0) is 14.3 Å². The Kier molecular flexibility index (Phi) is 6.67. The maximum atomic E-state index is 12.2. The fraction of sp³-hybridized carbons (Fsp3) is 0.222. The van der Waals surface area contributed by atoms with Crippen LogP contribution in [0.4, 0.5) is 5.69 Å². The minimum Gasteiger partial charge on any atom is -0.479 e. The van der Waals surface area contributed by atoms with Crippen molar-refractivity contribution in [1.29, 1.82) is 0 Å². The van der Waals surface area contributed by atoms with Crippen molar-refractivity contribution in [3.05, 3.63) is 58.6 Å². The molecule has 0 bridgehead atoms. The number of amides is 1. The first kappa shape index (κ1) is 19.1. The van der Waals surface area contributed by atoms with Gasteiger partial charge in [-0.25, -0.2) is 4.79 Å². The highest BCUT2D eigenvalue weighted by atomic mass is 35.5. The smallest absolute Gasteiger partial charge is 0.347 e. The number of hydrogen-bond donors (Lipinski definition) is 1. The van der Waals surface area contributed by atoms with E-state index in [1.54, 1.807) is 43.3 Å². The van der Waals surface area contributed by atoms with Gasteiger partial charge in [0.2, 0.25) is 0 Å². The molecule has 0 radical (unpaired) electrons. The summed E-state index contributed by atoms with van der Waals surface area (Å²) in [6.07, 6.45) is -1.88. The van der Waals surface area contributed by atoms with E-state index in [1.165, 1.54) is 13.0 Å². The predicted octanol–water partition coefficient (Wildman–Crippen LogP) is 4.33. The Labute approximate surface area is 155 Å². The number of rotatable bonds is 6. The van der Waals surface area contributed by atoms with Crippen molar-refractivity contribution in [2.24, 2.45) is 0 Å². The summed E-state index contributed by atoms with van der Waals surface area (Å²) >= 11 is 11.9. The maximum absolute atomic E-state index is 12.2. The Balaban J connectivity index is 1.91. The van der Waals surface area contributed by atoms with E-state index in [4.69, 9.17) is 32.7 Å². The van der Waals surface area contributed by atoms with E-state index in [-0.39, 0.29) is 0 Å². The van der Waals surface area contributed by atoms with Crippen molar-refractivity contribution in [2.75, 3.05) is 5.32 Å². The van der Waals surface area contributed by atoms with Crippen molar-refractivity contribution in [3.8, 4) is 5.75 Å². The van der Waals surface area contributed by atoms with Crippen molar-refractivity contribution < 1.29 is 19.1 Å². The van der Waals surface area contributed by atoms with Gasteiger partial charge in [-0.3, -0.25) is 4.79 Å². The number of ether oxygens (including phenoxy) is 2. The van der Waals surface area contributed by atoms with Crippen LogP contribution in [0.15, 0.2) is 48.5 Å². The summed E-state index contributed by atoms with van der Waals surface area (Å²) in [5.41, 5.74) is 0.343. The standard InChI is InChI=1S/C18H17Cl2NO4/c1-11(17(22)21-16-10-13(19)8-9-15(16)20)25-18(23)12(2)24-14-6-4-3-5-7-14/h3-12H,1-2H3,(H,21,22)/t11-,12-/m0/s1. The van der Waals surface area contributed by atoms with Crippen LogP contribution in [0.2, 0.25) is 10.0 Å². The van der Waals surface area contributed by atoms with E-state index >= 15 is 0 Å². The minimum absolute atomic E-state index is 0.331. The number of halogens is 2. The summed E-state index contributed by atoms with van der Waals surface area (Å²) in [5, 5.41) is 3.33. The van der Waals surface area contributed by atoms with Gasteiger partial charge in [0, 0.05) is 5.02 Å². The van der Waals surface area contributed by atoms with Crippen LogP contribution in [0.25, 0.3) is 0 Å². The molecule has 2 atom stereocenters. The minimum atomic E-state index is -1.02. The number of para-hydroxylation sites is 1. The quantitative estimate of drug-likeness (QED) is 0.756. The highest BCUT2D eigenvalue weighted by Gasteiger charge is 2.23. The zero-order chi connectivity index (χ0) is 18.4. The first-order chi connectivity index (χ1) is 11.9. The van der Waals surface area contributed by atoms with E-state index in [1.807, 2.05) is 6.07 Å². The largest absolute Gasteiger partial charge is 0.479 e. The number of carbonyl (C=O) groups excluding carboxylic acids is 2. The first-order valence-electron chi connectivity index (χ1n) is 7.55. The molecule has 2 aromatic carbocycles. The SMILES string of the molecule is C[C@H](OC(=O)[C@H](C)Oc1ccccc1)C(=O)Nc1cc(Cl)ccc1Cl. The Hall–Kier alpha value is -2.24. The molecule has 0 aliphatic rings. The summed E-state index contributed by atoms with van der Waals surface area (Å²) in [7, 11) is 0. The molecule has 0 saturated carbocycles. The number of nitrogens with one attached hydrogen (secondary N) is 1. The summed E-state index contributed by atoms with van der Waals surface area (Å²) in [6, 6.07) is 13.5. The van der Waals surface area contributed by atoms with Gasteiger partial charge in [0.1, 0.15) is 5.75 Å². The predicted molar refractivity (Wildman–Crippen MR) is 97.2 cm³/mol. The molecule has 7 heteroatoms. The third-order valence-corrected chi connectivity index (χ3v) is 3.80. The Morgan fingerprint density at radius 3 is 2.36 bits per heavy atom. The van der Waals surface area contributed by atoms with Crippen LogP contribution in [0.3, 0.4) is 0 Å². The number of esters is 1. The van der Waals surface area contributed by atoms with E-state index < -0.39 is 24.1 Å². The average Bonchev–Trinajstić information content (AvgIpc) is 2.58.